The molecule has 2 unspecified atom stereocenters. The van der Waals surface area contributed by atoms with Crippen LogP contribution in [0.2, 0.25) is 0 Å². The fourth-order valence-corrected chi connectivity index (χ4v) is 6.45. The molecule has 1 fully saturated rings. The van der Waals surface area contributed by atoms with E-state index in [-0.39, 0.29) is 36.2 Å². The van der Waals surface area contributed by atoms with Crippen molar-refractivity contribution in [3.05, 3.63) is 107 Å². The number of likely N-dealkylation sites (tertiary alicyclic amines) is 1. The molecule has 1 aliphatic rings. The molecule has 3 aromatic carbocycles. The highest BCUT2D eigenvalue weighted by atomic mass is 16.5. The molecule has 3 aromatic rings. The number of unbranched alkanes of at least 4 members (excludes halogenated alkanes) is 4. The zero-order valence-corrected chi connectivity index (χ0v) is 32.2. The van der Waals surface area contributed by atoms with E-state index in [4.69, 9.17) is 4.74 Å². The van der Waals surface area contributed by atoms with Crippen LogP contribution in [0.3, 0.4) is 0 Å². The number of amidine groups is 1. The van der Waals surface area contributed by atoms with E-state index in [9.17, 15) is 19.5 Å². The van der Waals surface area contributed by atoms with Gasteiger partial charge in [0.1, 0.15) is 11.8 Å². The molecule has 0 aromatic heterocycles. The molecular formula is C44H56N4O5. The molecule has 0 saturated carbocycles. The highest BCUT2D eigenvalue weighted by molar-refractivity contribution is 6.02. The van der Waals surface area contributed by atoms with Gasteiger partial charge in [-0.25, -0.2) is 9.98 Å². The van der Waals surface area contributed by atoms with Crippen LogP contribution >= 0.6 is 0 Å². The van der Waals surface area contributed by atoms with Crippen LogP contribution in [-0.4, -0.2) is 65.6 Å². The van der Waals surface area contributed by atoms with Crippen LogP contribution in [0.1, 0.15) is 113 Å². The average molecular weight is 721 g/mol. The third-order valence-electron chi connectivity index (χ3n) is 9.83. The number of hydrogen-bond acceptors (Lipinski definition) is 5. The Balaban J connectivity index is 1.46. The number of carboxylic acid groups (broad SMARTS) is 1. The first kappa shape index (κ1) is 40.7. The first-order valence-corrected chi connectivity index (χ1v) is 18.8. The Kier molecular flexibility index (Phi) is 14.7. The lowest BCUT2D eigenvalue weighted by Crippen LogP contribution is -2.50. The van der Waals surface area contributed by atoms with Crippen molar-refractivity contribution in [1.82, 2.24) is 10.2 Å². The zero-order valence-electron chi connectivity index (χ0n) is 32.2. The minimum absolute atomic E-state index is 0.0677. The number of aliphatic carboxylic acids is 1. The van der Waals surface area contributed by atoms with Gasteiger partial charge in [-0.1, -0.05) is 102 Å². The topological polar surface area (TPSA) is 121 Å². The average Bonchev–Trinajstić information content (AvgIpc) is 3.55. The highest BCUT2D eigenvalue weighted by Gasteiger charge is 2.39. The van der Waals surface area contributed by atoms with Crippen molar-refractivity contribution >= 4 is 35.9 Å². The molecule has 0 spiro atoms. The number of carbonyl (C=O) groups is 3. The van der Waals surface area contributed by atoms with Gasteiger partial charge in [0.05, 0.1) is 12.5 Å². The molecular weight excluding hydrogens is 665 g/mol. The van der Waals surface area contributed by atoms with Crippen molar-refractivity contribution in [2.45, 2.75) is 104 Å². The van der Waals surface area contributed by atoms with Crippen LogP contribution in [0, 0.1) is 5.92 Å². The SMILES string of the molecule is C=N/C(=N\C=C(/C)c1ccc(OCCCCCCC)cc1)c1ccc(C[C@H](NC(=O)c2ccc(C(C)(C)C)cc2)C(=O)N2CC(C(=O)O)CC2C)cc1. The van der Waals surface area contributed by atoms with Gasteiger partial charge in [0.15, 0.2) is 5.84 Å². The number of nitrogens with zero attached hydrogens (tertiary/aromatic N) is 3. The minimum Gasteiger partial charge on any atom is -0.494 e. The predicted molar refractivity (Wildman–Crippen MR) is 214 cm³/mol. The van der Waals surface area contributed by atoms with Gasteiger partial charge < -0.3 is 20.1 Å². The fourth-order valence-electron chi connectivity index (χ4n) is 6.45. The second-order valence-corrected chi connectivity index (χ2v) is 15.1. The van der Waals surface area contributed by atoms with E-state index in [1.54, 1.807) is 23.2 Å². The highest BCUT2D eigenvalue weighted by Crippen LogP contribution is 2.26. The number of benzene rings is 3. The lowest BCUT2D eigenvalue weighted by Gasteiger charge is -2.28. The molecule has 282 valence electrons. The van der Waals surface area contributed by atoms with Crippen LogP contribution in [-0.2, 0) is 21.4 Å². The molecule has 4 rings (SSSR count). The molecule has 53 heavy (non-hydrogen) atoms. The number of amides is 2. The Bertz CT molecular complexity index is 1760. The molecule has 2 N–H and O–H groups in total. The summed E-state index contributed by atoms with van der Waals surface area (Å²) in [6, 6.07) is 21.7. The number of aliphatic imine (C=N–C) groups is 2. The second kappa shape index (κ2) is 19.1. The first-order valence-electron chi connectivity index (χ1n) is 18.8. The Morgan fingerprint density at radius 3 is 2.15 bits per heavy atom. The molecule has 9 nitrogen and oxygen atoms in total. The molecule has 0 radical (unpaired) electrons. The Labute approximate surface area is 315 Å². The van der Waals surface area contributed by atoms with E-state index in [1.165, 1.54) is 25.7 Å². The summed E-state index contributed by atoms with van der Waals surface area (Å²) >= 11 is 0. The second-order valence-electron chi connectivity index (χ2n) is 15.1. The van der Waals surface area contributed by atoms with Gasteiger partial charge in [-0.2, -0.15) is 0 Å². The maximum absolute atomic E-state index is 13.9. The molecule has 9 heteroatoms. The largest absolute Gasteiger partial charge is 0.494 e. The van der Waals surface area contributed by atoms with Gasteiger partial charge in [-0.05, 0) is 85.4 Å². The van der Waals surface area contributed by atoms with E-state index >= 15 is 0 Å². The summed E-state index contributed by atoms with van der Waals surface area (Å²) in [4.78, 5) is 49.5. The molecule has 0 aliphatic carbocycles. The summed E-state index contributed by atoms with van der Waals surface area (Å²) in [6.45, 7) is 16.9. The summed E-state index contributed by atoms with van der Waals surface area (Å²) in [5, 5.41) is 12.6. The van der Waals surface area contributed by atoms with Gasteiger partial charge in [-0.3, -0.25) is 14.4 Å². The summed E-state index contributed by atoms with van der Waals surface area (Å²) < 4.78 is 5.90. The molecule has 2 amide bonds. The van der Waals surface area contributed by atoms with Gasteiger partial charge >= 0.3 is 5.97 Å². The number of hydrogen-bond donors (Lipinski definition) is 2. The molecule has 0 bridgehead atoms. The number of allylic oxidation sites excluding steroid dienone is 1. The molecule has 1 saturated heterocycles. The van der Waals surface area contributed by atoms with E-state index in [0.29, 0.717) is 17.8 Å². The van der Waals surface area contributed by atoms with Crippen molar-refractivity contribution in [1.29, 1.82) is 0 Å². The quantitative estimate of drug-likeness (QED) is 0.0874. The summed E-state index contributed by atoms with van der Waals surface area (Å²) in [5.74, 6) is -0.931. The molecule has 3 atom stereocenters. The standard InChI is InChI=1S/C44H56N4O5/c1-8-9-10-11-12-25-53-38-23-19-33(20-24-38)30(2)28-46-40(45-7)34-15-13-32(14-16-34)27-39(42(50)48-29-36(43(51)52)26-31(48)3)47-41(49)35-17-21-37(22-18-35)44(4,5)6/h13-24,28,31,36,39H,7-12,25-27,29H2,1-6H3,(H,47,49)(H,51,52)/b30-28+,46-40-/t31?,36?,39-/m0/s1. The summed E-state index contributed by atoms with van der Waals surface area (Å²) in [5.41, 5.74) is 5.02. The molecule has 1 aliphatic heterocycles. The van der Waals surface area contributed by atoms with Crippen molar-refractivity contribution < 1.29 is 24.2 Å². The van der Waals surface area contributed by atoms with E-state index in [1.807, 2.05) is 74.5 Å². The number of rotatable bonds is 16. The normalized spacial score (nSPS) is 17.0. The smallest absolute Gasteiger partial charge is 0.308 e. The third kappa shape index (κ3) is 11.7. The fraction of sp³-hybridized carbons (Fsp3) is 0.432. The summed E-state index contributed by atoms with van der Waals surface area (Å²) in [6.07, 6.45) is 8.35. The van der Waals surface area contributed by atoms with Gasteiger partial charge in [0.2, 0.25) is 5.91 Å². The van der Waals surface area contributed by atoms with Crippen LogP contribution in [0.5, 0.6) is 5.75 Å². The van der Waals surface area contributed by atoms with Crippen LogP contribution in [0.4, 0.5) is 0 Å². The Morgan fingerprint density at radius 2 is 1.57 bits per heavy atom. The third-order valence-corrected chi connectivity index (χ3v) is 9.83. The first-order chi connectivity index (χ1) is 25.3. The van der Waals surface area contributed by atoms with Crippen molar-refractivity contribution in [3.8, 4) is 5.75 Å². The van der Waals surface area contributed by atoms with E-state index in [0.717, 1.165) is 46.6 Å². The van der Waals surface area contributed by atoms with Gasteiger partial charge in [0.25, 0.3) is 5.91 Å². The number of nitrogens with one attached hydrogen (secondary N) is 1. The van der Waals surface area contributed by atoms with Crippen molar-refractivity contribution in [2.24, 2.45) is 15.9 Å². The Hall–Kier alpha value is -5.05. The van der Waals surface area contributed by atoms with Crippen molar-refractivity contribution in [3.63, 3.8) is 0 Å². The van der Waals surface area contributed by atoms with Crippen molar-refractivity contribution in [2.75, 3.05) is 13.2 Å². The maximum atomic E-state index is 13.9. The minimum atomic E-state index is -0.924. The monoisotopic (exact) mass is 720 g/mol. The number of ether oxygens (including phenoxy) is 1. The predicted octanol–water partition coefficient (Wildman–Crippen LogP) is 8.50. The Morgan fingerprint density at radius 1 is 0.943 bits per heavy atom. The lowest BCUT2D eigenvalue weighted by molar-refractivity contribution is -0.141. The van der Waals surface area contributed by atoms with E-state index in [2.05, 4.69) is 49.7 Å². The van der Waals surface area contributed by atoms with Crippen LogP contribution in [0.25, 0.3) is 5.57 Å². The van der Waals surface area contributed by atoms with Gasteiger partial charge in [0, 0.05) is 36.3 Å². The zero-order chi connectivity index (χ0) is 38.5. The lowest BCUT2D eigenvalue weighted by atomic mass is 9.86. The maximum Gasteiger partial charge on any atom is 0.308 e. The van der Waals surface area contributed by atoms with E-state index < -0.39 is 17.9 Å². The van der Waals surface area contributed by atoms with Crippen LogP contribution in [0.15, 0.2) is 89.0 Å². The number of carbonyl (C=O) groups excluding carboxylic acids is 2. The van der Waals surface area contributed by atoms with Gasteiger partial charge in [-0.15, -0.1) is 0 Å². The summed E-state index contributed by atoms with van der Waals surface area (Å²) in [7, 11) is 0. The number of carboxylic acids is 1. The molecule has 1 heterocycles. The van der Waals surface area contributed by atoms with Crippen LogP contribution < -0.4 is 10.1 Å².